The van der Waals surface area contributed by atoms with Crippen molar-refractivity contribution in [2.24, 2.45) is 0 Å². The van der Waals surface area contributed by atoms with E-state index in [1.54, 1.807) is 11.9 Å². The minimum absolute atomic E-state index is 0.0367. The third-order valence-corrected chi connectivity index (χ3v) is 4.11. The second-order valence-electron chi connectivity index (χ2n) is 6.47. The molecular formula is C19H23F3N4O5. The van der Waals surface area contributed by atoms with Crippen LogP contribution in [0.4, 0.5) is 19.1 Å². The first kappa shape index (κ1) is 24.2. The number of hydrogen-bond donors (Lipinski definition) is 2. The first-order valence-electron chi connectivity index (χ1n) is 9.10. The van der Waals surface area contributed by atoms with Crippen molar-refractivity contribution in [3.05, 3.63) is 51.9 Å². The summed E-state index contributed by atoms with van der Waals surface area (Å²) in [5.41, 5.74) is -0.162. The number of nitrogens with zero attached hydrogens (tertiary/aromatic N) is 2. The highest BCUT2D eigenvalue weighted by Crippen LogP contribution is 2.24. The van der Waals surface area contributed by atoms with Gasteiger partial charge in [-0.1, -0.05) is 12.1 Å². The largest absolute Gasteiger partial charge is 0.573 e. The Hall–Kier alpha value is -3.12. The fourth-order valence-electron chi connectivity index (χ4n) is 2.60. The molecule has 0 radical (unpaired) electrons. The zero-order valence-electron chi connectivity index (χ0n) is 17.2. The van der Waals surface area contributed by atoms with E-state index in [1.807, 2.05) is 0 Å². The third-order valence-electron chi connectivity index (χ3n) is 4.11. The zero-order chi connectivity index (χ0) is 23.0. The van der Waals surface area contributed by atoms with E-state index < -0.39 is 29.6 Å². The van der Waals surface area contributed by atoms with Gasteiger partial charge in [0.1, 0.15) is 11.4 Å². The third kappa shape index (κ3) is 7.57. The molecule has 0 fully saturated rings. The van der Waals surface area contributed by atoms with Crippen molar-refractivity contribution >= 4 is 11.9 Å². The number of likely N-dealkylation sites (N-methyl/N-ethyl adjacent to an activating group) is 1. The van der Waals surface area contributed by atoms with Gasteiger partial charge in [-0.25, -0.2) is 4.98 Å². The van der Waals surface area contributed by atoms with Crippen molar-refractivity contribution in [3.8, 4) is 5.75 Å². The molecule has 31 heavy (non-hydrogen) atoms. The van der Waals surface area contributed by atoms with Gasteiger partial charge in [-0.2, -0.15) is 0 Å². The van der Waals surface area contributed by atoms with Crippen LogP contribution in [0.1, 0.15) is 22.1 Å². The SMILES string of the molecule is COCCN(C)c1nc(C(=O)NC(COC)c2ccc(OC(F)(F)F)cc2)cc(=O)[nH]1. The summed E-state index contributed by atoms with van der Waals surface area (Å²) < 4.78 is 50.9. The number of ether oxygens (including phenoxy) is 3. The molecule has 1 atom stereocenters. The second-order valence-corrected chi connectivity index (χ2v) is 6.47. The van der Waals surface area contributed by atoms with Gasteiger partial charge in [0.2, 0.25) is 5.95 Å². The van der Waals surface area contributed by atoms with Crippen LogP contribution < -0.4 is 20.5 Å². The average molecular weight is 444 g/mol. The maximum absolute atomic E-state index is 12.7. The number of anilines is 1. The van der Waals surface area contributed by atoms with Crippen molar-refractivity contribution < 1.29 is 32.2 Å². The molecular weight excluding hydrogens is 421 g/mol. The van der Waals surface area contributed by atoms with Gasteiger partial charge in [0.15, 0.2) is 0 Å². The quantitative estimate of drug-likeness (QED) is 0.576. The van der Waals surface area contributed by atoms with Crippen LogP contribution in [0.2, 0.25) is 0 Å². The molecule has 1 amide bonds. The molecule has 0 spiro atoms. The number of hydrogen-bond acceptors (Lipinski definition) is 7. The van der Waals surface area contributed by atoms with Gasteiger partial charge in [0.05, 0.1) is 19.3 Å². The summed E-state index contributed by atoms with van der Waals surface area (Å²) in [6.45, 7) is 0.860. The zero-order valence-corrected chi connectivity index (χ0v) is 17.2. The molecule has 9 nitrogen and oxygen atoms in total. The van der Waals surface area contributed by atoms with Crippen LogP contribution in [0.5, 0.6) is 5.75 Å². The summed E-state index contributed by atoms with van der Waals surface area (Å²) in [7, 11) is 4.62. The van der Waals surface area contributed by atoms with Gasteiger partial charge < -0.3 is 24.4 Å². The number of alkyl halides is 3. The van der Waals surface area contributed by atoms with E-state index in [1.165, 1.54) is 26.4 Å². The number of aromatic nitrogens is 2. The van der Waals surface area contributed by atoms with Gasteiger partial charge in [0.25, 0.3) is 11.5 Å². The number of amides is 1. The topological polar surface area (TPSA) is 106 Å². The average Bonchev–Trinajstić information content (AvgIpc) is 2.70. The van der Waals surface area contributed by atoms with Crippen molar-refractivity contribution in [1.82, 2.24) is 15.3 Å². The number of rotatable bonds is 10. The molecule has 2 aromatic rings. The van der Waals surface area contributed by atoms with Gasteiger partial charge in [0, 0.05) is 33.9 Å². The van der Waals surface area contributed by atoms with Gasteiger partial charge in [-0.15, -0.1) is 13.2 Å². The lowest BCUT2D eigenvalue weighted by molar-refractivity contribution is -0.274. The van der Waals surface area contributed by atoms with Gasteiger partial charge in [-0.05, 0) is 17.7 Å². The molecule has 0 aliphatic carbocycles. The van der Waals surface area contributed by atoms with E-state index in [-0.39, 0.29) is 18.2 Å². The van der Waals surface area contributed by atoms with E-state index in [4.69, 9.17) is 9.47 Å². The number of H-pyrrole nitrogens is 1. The monoisotopic (exact) mass is 444 g/mol. The highest BCUT2D eigenvalue weighted by molar-refractivity contribution is 5.92. The van der Waals surface area contributed by atoms with E-state index in [9.17, 15) is 22.8 Å². The normalized spacial score (nSPS) is 12.3. The molecule has 0 bridgehead atoms. The maximum Gasteiger partial charge on any atom is 0.573 e. The summed E-state index contributed by atoms with van der Waals surface area (Å²) in [5.74, 6) is -0.851. The maximum atomic E-state index is 12.7. The number of carbonyl (C=O) groups is 1. The van der Waals surface area contributed by atoms with Gasteiger partial charge in [-0.3, -0.25) is 14.6 Å². The summed E-state index contributed by atoms with van der Waals surface area (Å²) in [5, 5.41) is 2.67. The summed E-state index contributed by atoms with van der Waals surface area (Å²) >= 11 is 0. The molecule has 2 N–H and O–H groups in total. The predicted molar refractivity (Wildman–Crippen MR) is 105 cm³/mol. The molecule has 1 heterocycles. The summed E-state index contributed by atoms with van der Waals surface area (Å²) in [4.78, 5) is 33.0. The second kappa shape index (κ2) is 10.8. The number of nitrogens with one attached hydrogen (secondary N) is 2. The van der Waals surface area contributed by atoms with Crippen LogP contribution in [-0.4, -0.2) is 63.3 Å². The lowest BCUT2D eigenvalue weighted by atomic mass is 10.1. The number of carbonyl (C=O) groups excluding carboxylic acids is 1. The van der Waals surface area contributed by atoms with Crippen molar-refractivity contribution in [2.75, 3.05) is 45.9 Å². The lowest BCUT2D eigenvalue weighted by Gasteiger charge is -2.20. The van der Waals surface area contributed by atoms with Crippen LogP contribution >= 0.6 is 0 Å². The number of benzene rings is 1. The Morgan fingerprint density at radius 1 is 1.23 bits per heavy atom. The van der Waals surface area contributed by atoms with Crippen molar-refractivity contribution in [2.45, 2.75) is 12.4 Å². The number of aromatic amines is 1. The first-order chi connectivity index (χ1) is 14.6. The summed E-state index contributed by atoms with van der Waals surface area (Å²) in [6, 6.07) is 5.36. The molecule has 170 valence electrons. The number of methoxy groups -OCH3 is 2. The Morgan fingerprint density at radius 3 is 2.48 bits per heavy atom. The Morgan fingerprint density at radius 2 is 1.90 bits per heavy atom. The summed E-state index contributed by atoms with van der Waals surface area (Å²) in [6.07, 6.45) is -4.80. The van der Waals surface area contributed by atoms with E-state index in [0.717, 1.165) is 18.2 Å². The molecule has 1 aromatic heterocycles. The number of halogens is 3. The Labute approximate surface area is 176 Å². The van der Waals surface area contributed by atoms with Crippen LogP contribution in [-0.2, 0) is 9.47 Å². The van der Waals surface area contributed by atoms with Crippen LogP contribution in [0.25, 0.3) is 0 Å². The Balaban J connectivity index is 2.19. The lowest BCUT2D eigenvalue weighted by Crippen LogP contribution is -2.34. The Bertz CT molecular complexity index is 918. The molecule has 1 aromatic carbocycles. The molecule has 0 saturated carbocycles. The van der Waals surface area contributed by atoms with Crippen LogP contribution in [0.3, 0.4) is 0 Å². The van der Waals surface area contributed by atoms with Crippen molar-refractivity contribution in [1.29, 1.82) is 0 Å². The molecule has 1 unspecified atom stereocenters. The fourth-order valence-corrected chi connectivity index (χ4v) is 2.60. The molecule has 2 rings (SSSR count). The van der Waals surface area contributed by atoms with Gasteiger partial charge >= 0.3 is 6.36 Å². The molecule has 12 heteroatoms. The smallest absolute Gasteiger partial charge is 0.406 e. The first-order valence-corrected chi connectivity index (χ1v) is 9.10. The van der Waals surface area contributed by atoms with E-state index >= 15 is 0 Å². The van der Waals surface area contributed by atoms with E-state index in [0.29, 0.717) is 18.7 Å². The fraction of sp³-hybridized carbons (Fsp3) is 0.421. The minimum Gasteiger partial charge on any atom is -0.406 e. The van der Waals surface area contributed by atoms with Crippen LogP contribution in [0, 0.1) is 0 Å². The molecule has 0 aliphatic rings. The van der Waals surface area contributed by atoms with Crippen molar-refractivity contribution in [3.63, 3.8) is 0 Å². The predicted octanol–water partition coefficient (Wildman–Crippen LogP) is 1.87. The van der Waals surface area contributed by atoms with Crippen LogP contribution in [0.15, 0.2) is 35.1 Å². The molecule has 0 saturated heterocycles. The standard InChI is InChI=1S/C19H23F3N4O5/c1-26(8-9-29-2)18-24-14(10-16(27)25-18)17(28)23-15(11-30-3)12-4-6-13(7-5-12)31-19(20,21)22/h4-7,10,15H,8-9,11H2,1-3H3,(H,23,28)(H,24,25,27). The molecule has 0 aliphatic heterocycles. The van der Waals surface area contributed by atoms with E-state index in [2.05, 4.69) is 20.0 Å². The highest BCUT2D eigenvalue weighted by Gasteiger charge is 2.31. The Kier molecular flexibility index (Phi) is 8.39. The minimum atomic E-state index is -4.80. The highest BCUT2D eigenvalue weighted by atomic mass is 19.4.